The van der Waals surface area contributed by atoms with Crippen LogP contribution in [-0.4, -0.2) is 0 Å². The molecule has 0 aliphatic heterocycles. The highest BCUT2D eigenvalue weighted by molar-refractivity contribution is 5.98. The number of hydrogen-bond acceptors (Lipinski definition) is 0. The molecule has 0 saturated heterocycles. The van der Waals surface area contributed by atoms with Gasteiger partial charge in [0.15, 0.2) is 0 Å². The lowest BCUT2D eigenvalue weighted by molar-refractivity contribution is 0.484. The fourth-order valence-electron chi connectivity index (χ4n) is 4.29. The van der Waals surface area contributed by atoms with Crippen molar-refractivity contribution in [2.75, 3.05) is 0 Å². The number of rotatable bonds is 2. The summed E-state index contributed by atoms with van der Waals surface area (Å²) in [5.74, 6) is 1.35. The summed E-state index contributed by atoms with van der Waals surface area (Å²) in [5.41, 5.74) is 9.96. The first-order valence-electron chi connectivity index (χ1n) is 10.2. The molecule has 4 rings (SSSR count). The van der Waals surface area contributed by atoms with Gasteiger partial charge in [-0.2, -0.15) is 0 Å². The molecule has 2 aromatic carbocycles. The molecule has 0 heteroatoms. The first-order chi connectivity index (χ1) is 12.7. The highest BCUT2D eigenvalue weighted by atomic mass is 14.4. The van der Waals surface area contributed by atoms with Gasteiger partial charge in [-0.3, -0.25) is 0 Å². The average molecular weight is 347 g/mol. The molecule has 0 spiro atoms. The van der Waals surface area contributed by atoms with Crippen molar-refractivity contribution in [3.8, 4) is 0 Å². The maximum Gasteiger partial charge on any atom is -0.0112 e. The molecule has 2 unspecified atom stereocenters. The Kier molecular flexibility index (Phi) is 7.03. The maximum atomic E-state index is 4.39. The number of hydrogen-bond donors (Lipinski definition) is 0. The molecule has 0 bridgehead atoms. The Morgan fingerprint density at radius 2 is 1.46 bits per heavy atom. The highest BCUT2D eigenvalue weighted by Gasteiger charge is 2.32. The van der Waals surface area contributed by atoms with Gasteiger partial charge < -0.3 is 0 Å². The van der Waals surface area contributed by atoms with E-state index in [9.17, 15) is 0 Å². The van der Waals surface area contributed by atoms with Gasteiger partial charge >= 0.3 is 0 Å². The van der Waals surface area contributed by atoms with Gasteiger partial charge in [-0.1, -0.05) is 89.7 Å². The van der Waals surface area contributed by atoms with Gasteiger partial charge in [0.25, 0.3) is 0 Å². The van der Waals surface area contributed by atoms with E-state index in [4.69, 9.17) is 0 Å². The molecule has 0 nitrogen and oxygen atoms in total. The Hall–Kier alpha value is -2.08. The van der Waals surface area contributed by atoms with E-state index in [1.807, 2.05) is 27.7 Å². The SMILES string of the molecule is C=C1C(CC2Cc3ccccc3C2C)=C(C)c2ccccc21.CC.CC. The van der Waals surface area contributed by atoms with Gasteiger partial charge in [-0.05, 0) is 70.6 Å². The van der Waals surface area contributed by atoms with Crippen molar-refractivity contribution in [2.24, 2.45) is 5.92 Å². The Balaban J connectivity index is 0.000000570. The van der Waals surface area contributed by atoms with Crippen LogP contribution in [0.15, 0.2) is 60.7 Å². The Morgan fingerprint density at radius 3 is 2.08 bits per heavy atom. The molecular formula is C26H34. The Morgan fingerprint density at radius 1 is 0.885 bits per heavy atom. The van der Waals surface area contributed by atoms with Crippen LogP contribution in [0.1, 0.15) is 76.1 Å². The fourth-order valence-corrected chi connectivity index (χ4v) is 4.29. The molecule has 2 aromatic rings. The molecule has 0 fully saturated rings. The maximum absolute atomic E-state index is 4.39. The van der Waals surface area contributed by atoms with Crippen LogP contribution in [0.2, 0.25) is 0 Å². The lowest BCUT2D eigenvalue weighted by Crippen LogP contribution is -2.06. The molecule has 2 aliphatic carbocycles. The Labute approximate surface area is 160 Å². The predicted octanol–water partition coefficient (Wildman–Crippen LogP) is 7.91. The third kappa shape index (κ3) is 3.56. The van der Waals surface area contributed by atoms with Crippen LogP contribution in [0.3, 0.4) is 0 Å². The van der Waals surface area contributed by atoms with Crippen molar-refractivity contribution in [1.82, 2.24) is 0 Å². The lowest BCUT2D eigenvalue weighted by Gasteiger charge is -2.18. The quantitative estimate of drug-likeness (QED) is 0.518. The second kappa shape index (κ2) is 9.03. The molecule has 0 radical (unpaired) electrons. The van der Waals surface area contributed by atoms with Gasteiger partial charge in [0.2, 0.25) is 0 Å². The minimum Gasteiger partial charge on any atom is -0.0909 e. The van der Waals surface area contributed by atoms with Crippen molar-refractivity contribution in [2.45, 2.75) is 60.3 Å². The van der Waals surface area contributed by atoms with E-state index in [-0.39, 0.29) is 0 Å². The van der Waals surface area contributed by atoms with Gasteiger partial charge in [0, 0.05) is 0 Å². The van der Waals surface area contributed by atoms with E-state index in [1.54, 1.807) is 11.1 Å². The molecular weight excluding hydrogens is 312 g/mol. The van der Waals surface area contributed by atoms with Crippen LogP contribution < -0.4 is 0 Å². The standard InChI is InChI=1S/C22H22.2C2H6/c1-14-18(12-17-8-4-5-9-19(14)17)13-22-15(2)20-10-6-7-11-21(20)16(22)3;2*1-2/h4-11,14,18H,2,12-13H2,1,3H3;2*1-2H3. The van der Waals surface area contributed by atoms with Crippen LogP contribution in [0.5, 0.6) is 0 Å². The van der Waals surface area contributed by atoms with Gasteiger partial charge in [0.1, 0.15) is 0 Å². The van der Waals surface area contributed by atoms with Crippen LogP contribution in [0.25, 0.3) is 11.1 Å². The normalized spacial score (nSPS) is 19.8. The van der Waals surface area contributed by atoms with Gasteiger partial charge in [-0.15, -0.1) is 0 Å². The van der Waals surface area contributed by atoms with Crippen LogP contribution in [-0.2, 0) is 6.42 Å². The second-order valence-electron chi connectivity index (χ2n) is 6.78. The van der Waals surface area contributed by atoms with Crippen molar-refractivity contribution >= 4 is 11.1 Å². The van der Waals surface area contributed by atoms with Gasteiger partial charge in [0.05, 0.1) is 0 Å². The summed E-state index contributed by atoms with van der Waals surface area (Å²) in [6.07, 6.45) is 2.35. The number of allylic oxidation sites excluding steroid dienone is 3. The van der Waals surface area contributed by atoms with Crippen LogP contribution >= 0.6 is 0 Å². The van der Waals surface area contributed by atoms with Gasteiger partial charge in [-0.25, -0.2) is 0 Å². The molecule has 26 heavy (non-hydrogen) atoms. The molecule has 2 aliphatic rings. The van der Waals surface area contributed by atoms with E-state index >= 15 is 0 Å². The van der Waals surface area contributed by atoms with E-state index in [1.165, 1.54) is 34.3 Å². The minimum atomic E-state index is 0.646. The van der Waals surface area contributed by atoms with Crippen molar-refractivity contribution in [1.29, 1.82) is 0 Å². The smallest absolute Gasteiger partial charge is 0.0112 e. The summed E-state index contributed by atoms with van der Waals surface area (Å²) in [6, 6.07) is 17.6. The number of benzene rings is 2. The largest absolute Gasteiger partial charge is 0.0909 e. The molecule has 138 valence electrons. The van der Waals surface area contributed by atoms with E-state index in [0.29, 0.717) is 11.8 Å². The fraction of sp³-hybridized carbons (Fsp3) is 0.385. The third-order valence-electron chi connectivity index (χ3n) is 5.67. The zero-order valence-electron chi connectivity index (χ0n) is 17.4. The van der Waals surface area contributed by atoms with Crippen molar-refractivity contribution in [3.05, 3.63) is 82.9 Å². The second-order valence-corrected chi connectivity index (χ2v) is 6.78. The summed E-state index contributed by atoms with van der Waals surface area (Å²) in [6.45, 7) is 17.0. The summed E-state index contributed by atoms with van der Waals surface area (Å²) in [4.78, 5) is 0. The summed E-state index contributed by atoms with van der Waals surface area (Å²) in [5, 5.41) is 0. The summed E-state index contributed by atoms with van der Waals surface area (Å²) in [7, 11) is 0. The molecule has 2 atom stereocenters. The minimum absolute atomic E-state index is 0.646. The number of fused-ring (bicyclic) bond motifs is 2. The van der Waals surface area contributed by atoms with E-state index in [0.717, 1.165) is 6.42 Å². The predicted molar refractivity (Wildman–Crippen MR) is 117 cm³/mol. The summed E-state index contributed by atoms with van der Waals surface area (Å²) >= 11 is 0. The van der Waals surface area contributed by atoms with Crippen molar-refractivity contribution in [3.63, 3.8) is 0 Å². The molecule has 0 aromatic heterocycles. The zero-order valence-corrected chi connectivity index (χ0v) is 17.4. The topological polar surface area (TPSA) is 0 Å². The highest BCUT2D eigenvalue weighted by Crippen LogP contribution is 2.47. The van der Waals surface area contributed by atoms with E-state index in [2.05, 4.69) is 69.0 Å². The lowest BCUT2D eigenvalue weighted by atomic mass is 9.86. The first kappa shape index (κ1) is 20.2. The zero-order chi connectivity index (χ0) is 19.3. The molecule has 0 heterocycles. The van der Waals surface area contributed by atoms with Crippen molar-refractivity contribution < 1.29 is 0 Å². The monoisotopic (exact) mass is 346 g/mol. The Bertz CT molecular complexity index is 791. The third-order valence-corrected chi connectivity index (χ3v) is 5.67. The molecule has 0 saturated carbocycles. The molecule has 0 amide bonds. The average Bonchev–Trinajstić information content (AvgIpc) is 3.15. The van der Waals surface area contributed by atoms with Crippen LogP contribution in [0, 0.1) is 5.92 Å². The van der Waals surface area contributed by atoms with E-state index < -0.39 is 0 Å². The molecule has 0 N–H and O–H groups in total. The first-order valence-corrected chi connectivity index (χ1v) is 10.2. The summed E-state index contributed by atoms with van der Waals surface area (Å²) < 4.78 is 0. The van der Waals surface area contributed by atoms with Crippen LogP contribution in [0.4, 0.5) is 0 Å².